The quantitative estimate of drug-likeness (QED) is 0.440. The Kier molecular flexibility index (Phi) is 5.89. The highest BCUT2D eigenvalue weighted by Gasteiger charge is 2.25. The van der Waals surface area contributed by atoms with Gasteiger partial charge in [0.2, 0.25) is 0 Å². The van der Waals surface area contributed by atoms with Gasteiger partial charge < -0.3 is 25.3 Å². The minimum absolute atomic E-state index is 0.102. The molecule has 1 atom stereocenters. The Morgan fingerprint density at radius 2 is 2.25 bits per heavy atom. The van der Waals surface area contributed by atoms with Gasteiger partial charge in [0.15, 0.2) is 0 Å². The summed E-state index contributed by atoms with van der Waals surface area (Å²) in [6, 6.07) is 0. The van der Waals surface area contributed by atoms with E-state index in [2.05, 4.69) is 14.8 Å². The van der Waals surface area contributed by atoms with E-state index in [9.17, 15) is 14.5 Å². The maximum absolute atomic E-state index is 10.9. The van der Waals surface area contributed by atoms with Crippen LogP contribution in [0.3, 0.4) is 0 Å². The Morgan fingerprint density at radius 1 is 1.54 bits per heavy atom. The normalized spacial score (nSPS) is 17.6. The third-order valence-electron chi connectivity index (χ3n) is 3.37. The monoisotopic (exact) mass is 376 g/mol. The molecule has 2 rings (SSSR count). The van der Waals surface area contributed by atoms with Gasteiger partial charge in [-0.25, -0.2) is 4.57 Å². The predicted octanol–water partition coefficient (Wildman–Crippen LogP) is 1.23. The lowest BCUT2D eigenvalue weighted by atomic mass is 10.1. The summed E-state index contributed by atoms with van der Waals surface area (Å²) in [6.07, 6.45) is 1.71. The zero-order valence-electron chi connectivity index (χ0n) is 12.7. The average molecular weight is 376 g/mol. The summed E-state index contributed by atoms with van der Waals surface area (Å²) in [6.45, 7) is 1.33. The fourth-order valence-electron chi connectivity index (χ4n) is 2.08. The van der Waals surface area contributed by atoms with Crippen molar-refractivity contribution in [2.75, 3.05) is 0 Å². The third-order valence-corrected chi connectivity index (χ3v) is 4.95. The first-order valence-corrected chi connectivity index (χ1v) is 9.32. The molecule has 2 heterocycles. The smallest absolute Gasteiger partial charge is 0.469 e. The van der Waals surface area contributed by atoms with Crippen molar-refractivity contribution in [3.8, 4) is 5.75 Å². The van der Waals surface area contributed by atoms with E-state index < -0.39 is 25.6 Å². The first-order chi connectivity index (χ1) is 11.2. The summed E-state index contributed by atoms with van der Waals surface area (Å²) < 4.78 is 15.3. The number of hydrogen-bond donors (Lipinski definition) is 5. The first kappa shape index (κ1) is 18.8. The summed E-state index contributed by atoms with van der Waals surface area (Å²) in [5.74, 6) is -0.998. The minimum Gasteiger partial charge on any atom is -0.506 e. The molecule has 11 heteroatoms. The van der Waals surface area contributed by atoms with Crippen LogP contribution in [0.25, 0.3) is 0 Å². The van der Waals surface area contributed by atoms with E-state index in [1.807, 2.05) is 0 Å². The number of allylic oxidation sites excluding steroid dienone is 1. The lowest BCUT2D eigenvalue weighted by Gasteiger charge is -2.15. The Labute approximate surface area is 142 Å². The Hall–Kier alpha value is -1.58. The molecule has 0 radical (unpaired) electrons. The van der Waals surface area contributed by atoms with Crippen LogP contribution in [-0.2, 0) is 27.0 Å². The second kappa shape index (κ2) is 7.54. The number of carbonyl (C=O) groups is 1. The maximum Gasteiger partial charge on any atom is 0.469 e. The lowest BCUT2D eigenvalue weighted by Crippen LogP contribution is -2.19. The third kappa shape index (κ3) is 4.96. The molecular formula is C13H17N2O7PS. The van der Waals surface area contributed by atoms with Gasteiger partial charge in [-0.05, 0) is 12.3 Å². The number of hydrogen-bond acceptors (Lipinski definition) is 7. The van der Waals surface area contributed by atoms with Crippen LogP contribution >= 0.6 is 19.6 Å². The van der Waals surface area contributed by atoms with Gasteiger partial charge in [-0.1, -0.05) is 0 Å². The van der Waals surface area contributed by atoms with Crippen molar-refractivity contribution >= 4 is 25.6 Å². The first-order valence-electron chi connectivity index (χ1n) is 6.85. The molecule has 1 aromatic heterocycles. The number of aliphatic carboxylic acids is 1. The van der Waals surface area contributed by atoms with Crippen molar-refractivity contribution in [2.24, 2.45) is 0 Å². The lowest BCUT2D eigenvalue weighted by molar-refractivity contribution is -0.136. The standard InChI is InChI=1S/C13H17N2O7PS/c1-7-12(16)10(8(3-14-7)5-22-23(19,20)21)4-15-9-2-11(13(17)18)24-6-9/h3,6,11,15-16H,2,4-5H2,1H3,(H,17,18)(H2,19,20,21)/t11-/m0/s1. The number of nitrogens with zero attached hydrogens (tertiary/aromatic N) is 1. The van der Waals surface area contributed by atoms with Crippen molar-refractivity contribution in [2.45, 2.75) is 31.7 Å². The summed E-state index contributed by atoms with van der Waals surface area (Å²) >= 11 is 1.19. The molecule has 1 aromatic rings. The molecule has 132 valence electrons. The average Bonchev–Trinajstić information content (AvgIpc) is 2.95. The van der Waals surface area contributed by atoms with E-state index in [4.69, 9.17) is 14.9 Å². The number of carboxylic acids is 1. The van der Waals surface area contributed by atoms with Gasteiger partial charge in [0.25, 0.3) is 0 Å². The summed E-state index contributed by atoms with van der Waals surface area (Å²) in [4.78, 5) is 32.5. The van der Waals surface area contributed by atoms with Crippen LogP contribution in [-0.4, -0.2) is 36.2 Å². The molecule has 0 spiro atoms. The molecule has 0 saturated carbocycles. The molecule has 24 heavy (non-hydrogen) atoms. The van der Waals surface area contributed by atoms with Crippen LogP contribution in [0.2, 0.25) is 0 Å². The number of thioether (sulfide) groups is 1. The zero-order chi connectivity index (χ0) is 17.9. The topological polar surface area (TPSA) is 149 Å². The van der Waals surface area contributed by atoms with Crippen LogP contribution in [0.15, 0.2) is 17.3 Å². The largest absolute Gasteiger partial charge is 0.506 e. The van der Waals surface area contributed by atoms with Gasteiger partial charge in [-0.2, -0.15) is 0 Å². The highest BCUT2D eigenvalue weighted by Crippen LogP contribution is 2.38. The van der Waals surface area contributed by atoms with Crippen LogP contribution in [0.5, 0.6) is 5.75 Å². The minimum atomic E-state index is -4.65. The molecule has 0 aromatic carbocycles. The summed E-state index contributed by atoms with van der Waals surface area (Å²) in [5.41, 5.74) is 1.80. The summed E-state index contributed by atoms with van der Waals surface area (Å²) in [5, 5.41) is 23.3. The molecule has 9 nitrogen and oxygen atoms in total. The molecule has 5 N–H and O–H groups in total. The van der Waals surface area contributed by atoms with E-state index in [0.29, 0.717) is 28.9 Å². The number of aromatic nitrogens is 1. The van der Waals surface area contributed by atoms with E-state index in [0.717, 1.165) is 0 Å². The number of pyridine rings is 1. The number of phosphoric ester groups is 1. The van der Waals surface area contributed by atoms with Gasteiger partial charge in [0.1, 0.15) is 11.0 Å². The van der Waals surface area contributed by atoms with Crippen molar-refractivity contribution in [3.05, 3.63) is 34.1 Å². The van der Waals surface area contributed by atoms with Gasteiger partial charge in [-0.15, -0.1) is 11.8 Å². The second-order valence-corrected chi connectivity index (χ2v) is 7.44. The molecule has 1 aliphatic heterocycles. The fraction of sp³-hybridized carbons (Fsp3) is 0.385. The van der Waals surface area contributed by atoms with Crippen molar-refractivity contribution in [1.29, 1.82) is 0 Å². The van der Waals surface area contributed by atoms with Crippen LogP contribution in [0.1, 0.15) is 23.2 Å². The zero-order valence-corrected chi connectivity index (χ0v) is 14.4. The SMILES string of the molecule is Cc1ncc(COP(=O)(O)O)c(CNC2=CS[C@H](C(=O)O)C2)c1O. The molecule has 1 aliphatic rings. The predicted molar refractivity (Wildman–Crippen MR) is 86.0 cm³/mol. The molecule has 0 amide bonds. The molecule has 0 unspecified atom stereocenters. The number of rotatable bonds is 7. The van der Waals surface area contributed by atoms with Crippen LogP contribution in [0, 0.1) is 6.92 Å². The second-order valence-electron chi connectivity index (χ2n) is 5.12. The van der Waals surface area contributed by atoms with Gasteiger partial charge in [0, 0.05) is 36.0 Å². The van der Waals surface area contributed by atoms with Gasteiger partial charge in [-0.3, -0.25) is 14.3 Å². The Morgan fingerprint density at radius 3 is 2.83 bits per heavy atom. The molecule has 0 aliphatic carbocycles. The fourth-order valence-corrected chi connectivity index (χ4v) is 3.29. The number of nitrogens with one attached hydrogen (secondary N) is 1. The Bertz CT molecular complexity index is 719. The highest BCUT2D eigenvalue weighted by molar-refractivity contribution is 8.03. The van der Waals surface area contributed by atoms with E-state index >= 15 is 0 Å². The highest BCUT2D eigenvalue weighted by atomic mass is 32.2. The number of aryl methyl sites for hydroxylation is 1. The molecular weight excluding hydrogens is 359 g/mol. The Balaban J connectivity index is 2.09. The molecule has 0 saturated heterocycles. The molecule has 0 bridgehead atoms. The van der Waals surface area contributed by atoms with Crippen molar-refractivity contribution < 1.29 is 33.9 Å². The summed E-state index contributed by atoms with van der Waals surface area (Å²) in [7, 11) is -4.65. The number of aromatic hydroxyl groups is 1. The van der Waals surface area contributed by atoms with E-state index in [-0.39, 0.29) is 12.3 Å². The molecule has 0 fully saturated rings. The van der Waals surface area contributed by atoms with E-state index in [1.165, 1.54) is 18.0 Å². The van der Waals surface area contributed by atoms with E-state index in [1.54, 1.807) is 12.3 Å². The van der Waals surface area contributed by atoms with Gasteiger partial charge >= 0.3 is 13.8 Å². The van der Waals surface area contributed by atoms with Gasteiger partial charge in [0.05, 0.1) is 12.3 Å². The van der Waals surface area contributed by atoms with Crippen LogP contribution in [0.4, 0.5) is 0 Å². The maximum atomic E-state index is 10.9. The number of phosphoric acid groups is 1. The van der Waals surface area contributed by atoms with Crippen molar-refractivity contribution in [1.82, 2.24) is 10.3 Å². The van der Waals surface area contributed by atoms with Crippen LogP contribution < -0.4 is 5.32 Å². The van der Waals surface area contributed by atoms with Crippen molar-refractivity contribution in [3.63, 3.8) is 0 Å². The number of carboxylic acid groups (broad SMARTS) is 1.